The highest BCUT2D eigenvalue weighted by Crippen LogP contribution is 2.23. The van der Waals surface area contributed by atoms with Gasteiger partial charge in [0.2, 0.25) is 5.91 Å². The average molecular weight is 224 g/mol. The number of hydrazine groups is 1. The third-order valence-electron chi connectivity index (χ3n) is 2.59. The van der Waals surface area contributed by atoms with Crippen LogP contribution in [0.4, 0.5) is 4.39 Å². The summed E-state index contributed by atoms with van der Waals surface area (Å²) in [6.07, 6.45) is 0.339. The normalized spacial score (nSPS) is 20.5. The van der Waals surface area contributed by atoms with Gasteiger partial charge in [-0.25, -0.2) is 9.82 Å². The summed E-state index contributed by atoms with van der Waals surface area (Å²) < 4.78 is 12.7. The summed E-state index contributed by atoms with van der Waals surface area (Å²) in [6, 6.07) is 5.93. The Morgan fingerprint density at radius 3 is 2.75 bits per heavy atom. The maximum absolute atomic E-state index is 12.7. The van der Waals surface area contributed by atoms with E-state index < -0.39 is 0 Å². The van der Waals surface area contributed by atoms with Crippen molar-refractivity contribution in [2.45, 2.75) is 12.5 Å². The number of nitrogens with one attached hydrogen (secondary N) is 1. The number of nitrogens with zero attached hydrogens (tertiary/aromatic N) is 1. The van der Waals surface area contributed by atoms with Crippen LogP contribution >= 0.6 is 0 Å². The summed E-state index contributed by atoms with van der Waals surface area (Å²) in [5.41, 5.74) is 3.85. The average Bonchev–Trinajstić information content (AvgIpc) is 2.62. The van der Waals surface area contributed by atoms with E-state index in [2.05, 4.69) is 5.43 Å². The molecule has 0 aliphatic carbocycles. The van der Waals surface area contributed by atoms with Gasteiger partial charge in [-0.3, -0.25) is 9.80 Å². The third-order valence-corrected chi connectivity index (χ3v) is 2.59. The van der Waals surface area contributed by atoms with Gasteiger partial charge >= 0.3 is 0 Å². The molecule has 86 valence electrons. The molecular formula is C11H13FN2O2. The molecule has 0 radical (unpaired) electrons. The maximum Gasteiger partial charge on any atom is 0.238 e. The zero-order valence-electron chi connectivity index (χ0n) is 8.69. The topological polar surface area (TPSA) is 52.6 Å². The SMILES string of the molecule is O=C1CC(c2ccc(F)cc2)NN1CCO. The monoisotopic (exact) mass is 224 g/mol. The van der Waals surface area contributed by atoms with Gasteiger partial charge < -0.3 is 5.11 Å². The summed E-state index contributed by atoms with van der Waals surface area (Å²) in [5, 5.41) is 10.2. The number of hydrogen-bond donors (Lipinski definition) is 2. The molecule has 1 unspecified atom stereocenters. The first-order valence-corrected chi connectivity index (χ1v) is 5.13. The molecule has 0 saturated carbocycles. The van der Waals surface area contributed by atoms with Crippen LogP contribution in [0.2, 0.25) is 0 Å². The minimum atomic E-state index is -0.291. The molecule has 16 heavy (non-hydrogen) atoms. The Bertz CT molecular complexity index is 380. The van der Waals surface area contributed by atoms with Crippen molar-refractivity contribution in [3.63, 3.8) is 0 Å². The molecule has 1 saturated heterocycles. The van der Waals surface area contributed by atoms with Crippen LogP contribution in [0.15, 0.2) is 24.3 Å². The summed E-state index contributed by atoms with van der Waals surface area (Å²) in [5.74, 6) is -0.344. The number of hydrogen-bond acceptors (Lipinski definition) is 3. The van der Waals surface area contributed by atoms with Crippen LogP contribution in [0, 0.1) is 5.82 Å². The number of amides is 1. The van der Waals surface area contributed by atoms with Crippen LogP contribution in [0.25, 0.3) is 0 Å². The first-order chi connectivity index (χ1) is 7.70. The fourth-order valence-electron chi connectivity index (χ4n) is 1.77. The van der Waals surface area contributed by atoms with Crippen LogP contribution in [0.3, 0.4) is 0 Å². The van der Waals surface area contributed by atoms with Crippen LogP contribution in [-0.4, -0.2) is 29.2 Å². The van der Waals surface area contributed by atoms with Gasteiger partial charge in [-0.1, -0.05) is 12.1 Å². The third kappa shape index (κ3) is 2.20. The van der Waals surface area contributed by atoms with E-state index in [0.717, 1.165) is 5.56 Å². The predicted molar refractivity (Wildman–Crippen MR) is 55.7 cm³/mol. The molecule has 1 aromatic rings. The minimum Gasteiger partial charge on any atom is -0.394 e. The lowest BCUT2D eigenvalue weighted by Gasteiger charge is -2.16. The van der Waals surface area contributed by atoms with Crippen molar-refractivity contribution in [3.8, 4) is 0 Å². The van der Waals surface area contributed by atoms with E-state index in [-0.39, 0.29) is 30.9 Å². The molecule has 1 aliphatic rings. The Hall–Kier alpha value is -1.46. The van der Waals surface area contributed by atoms with Crippen molar-refractivity contribution >= 4 is 5.91 Å². The van der Waals surface area contributed by atoms with E-state index in [0.29, 0.717) is 6.42 Å². The lowest BCUT2D eigenvalue weighted by atomic mass is 10.1. The highest BCUT2D eigenvalue weighted by atomic mass is 19.1. The van der Waals surface area contributed by atoms with Crippen molar-refractivity contribution in [3.05, 3.63) is 35.6 Å². The molecule has 2 N–H and O–H groups in total. The molecule has 1 heterocycles. The summed E-state index contributed by atoms with van der Waals surface area (Å²) in [4.78, 5) is 11.5. The molecule has 4 nitrogen and oxygen atoms in total. The molecule has 1 atom stereocenters. The van der Waals surface area contributed by atoms with Crippen molar-refractivity contribution in [1.29, 1.82) is 0 Å². The predicted octanol–water partition coefficient (Wildman–Crippen LogP) is 0.596. The number of halogens is 1. The Labute approximate surface area is 92.7 Å². The lowest BCUT2D eigenvalue weighted by molar-refractivity contribution is -0.130. The molecule has 0 aromatic heterocycles. The Morgan fingerprint density at radius 1 is 1.44 bits per heavy atom. The van der Waals surface area contributed by atoms with E-state index in [1.807, 2.05) is 0 Å². The smallest absolute Gasteiger partial charge is 0.238 e. The van der Waals surface area contributed by atoms with Gasteiger partial charge in [0.05, 0.1) is 19.2 Å². The van der Waals surface area contributed by atoms with Crippen molar-refractivity contribution < 1.29 is 14.3 Å². The largest absolute Gasteiger partial charge is 0.394 e. The van der Waals surface area contributed by atoms with Crippen molar-refractivity contribution in [2.75, 3.05) is 13.2 Å². The van der Waals surface area contributed by atoms with E-state index in [9.17, 15) is 9.18 Å². The van der Waals surface area contributed by atoms with Crippen molar-refractivity contribution in [2.24, 2.45) is 0 Å². The van der Waals surface area contributed by atoms with Gasteiger partial charge in [0.25, 0.3) is 0 Å². The molecule has 1 amide bonds. The second-order valence-corrected chi connectivity index (χ2v) is 3.71. The Morgan fingerprint density at radius 2 is 2.12 bits per heavy atom. The summed E-state index contributed by atoms with van der Waals surface area (Å²) >= 11 is 0. The standard InChI is InChI=1S/C11H13FN2O2/c12-9-3-1-8(2-4-9)10-7-11(16)14(13-10)5-6-15/h1-4,10,13,15H,5-7H2. The van der Waals surface area contributed by atoms with Gasteiger partial charge in [-0.15, -0.1) is 0 Å². The second-order valence-electron chi connectivity index (χ2n) is 3.71. The Kier molecular flexibility index (Phi) is 3.17. The fraction of sp³-hybridized carbons (Fsp3) is 0.364. The van der Waals surface area contributed by atoms with E-state index in [1.54, 1.807) is 12.1 Å². The number of carbonyl (C=O) groups is 1. The van der Waals surface area contributed by atoms with Crippen LogP contribution in [0.5, 0.6) is 0 Å². The highest BCUT2D eigenvalue weighted by molar-refractivity contribution is 5.78. The van der Waals surface area contributed by atoms with Crippen molar-refractivity contribution in [1.82, 2.24) is 10.4 Å². The van der Waals surface area contributed by atoms with Gasteiger partial charge in [0.15, 0.2) is 0 Å². The quantitative estimate of drug-likeness (QED) is 0.790. The fourth-order valence-corrected chi connectivity index (χ4v) is 1.77. The number of carbonyl (C=O) groups excluding carboxylic acids is 1. The molecule has 0 spiro atoms. The zero-order chi connectivity index (χ0) is 11.5. The van der Waals surface area contributed by atoms with Gasteiger partial charge in [-0.2, -0.15) is 0 Å². The maximum atomic E-state index is 12.7. The molecule has 0 bridgehead atoms. The number of aliphatic hydroxyl groups excluding tert-OH is 1. The number of β-amino-alcohol motifs (C(OH)–C–C–N with tert-alkyl or cyclic N) is 1. The number of rotatable bonds is 3. The molecule has 1 aromatic carbocycles. The molecule has 5 heteroatoms. The molecule has 2 rings (SSSR count). The van der Waals surface area contributed by atoms with Gasteiger partial charge in [-0.05, 0) is 17.7 Å². The first-order valence-electron chi connectivity index (χ1n) is 5.13. The number of aliphatic hydroxyl groups is 1. The van der Waals surface area contributed by atoms with Gasteiger partial charge in [0.1, 0.15) is 5.82 Å². The molecule has 1 fully saturated rings. The second kappa shape index (κ2) is 4.59. The summed E-state index contributed by atoms with van der Waals surface area (Å²) in [6.45, 7) is 0.200. The molecular weight excluding hydrogens is 211 g/mol. The number of benzene rings is 1. The van der Waals surface area contributed by atoms with E-state index in [1.165, 1.54) is 17.1 Å². The molecule has 1 aliphatic heterocycles. The van der Waals surface area contributed by atoms with Gasteiger partial charge in [0, 0.05) is 6.42 Å². The van der Waals surface area contributed by atoms with Crippen LogP contribution in [0.1, 0.15) is 18.0 Å². The minimum absolute atomic E-state index is 0.0524. The Balaban J connectivity index is 2.07. The zero-order valence-corrected chi connectivity index (χ0v) is 8.69. The lowest BCUT2D eigenvalue weighted by Crippen LogP contribution is -2.37. The summed E-state index contributed by atoms with van der Waals surface area (Å²) in [7, 11) is 0. The highest BCUT2D eigenvalue weighted by Gasteiger charge is 2.29. The van der Waals surface area contributed by atoms with Crippen LogP contribution < -0.4 is 5.43 Å². The van der Waals surface area contributed by atoms with E-state index >= 15 is 0 Å². The van der Waals surface area contributed by atoms with E-state index in [4.69, 9.17) is 5.11 Å². The van der Waals surface area contributed by atoms with Crippen LogP contribution in [-0.2, 0) is 4.79 Å². The first kappa shape index (κ1) is 11.0.